The van der Waals surface area contributed by atoms with Crippen LogP contribution in [0.5, 0.6) is 11.6 Å². The van der Waals surface area contributed by atoms with E-state index in [0.717, 1.165) is 30.2 Å². The maximum Gasteiger partial charge on any atom is 0.407 e. The molecule has 3 amide bonds. The fourth-order valence-electron chi connectivity index (χ4n) is 6.82. The molecule has 12 heteroatoms. The highest BCUT2D eigenvalue weighted by molar-refractivity contribution is 5.96. The van der Waals surface area contributed by atoms with Crippen molar-refractivity contribution in [2.45, 2.75) is 88.9 Å². The highest BCUT2D eigenvalue weighted by atomic mass is 16.5. The number of carbonyl (C=O) groups excluding carboxylic acids is 3. The molecule has 3 aliphatic rings. The number of fused-ring (bicyclic) bond motifs is 3. The Kier molecular flexibility index (Phi) is 11.2. The second kappa shape index (κ2) is 15.3. The van der Waals surface area contributed by atoms with E-state index >= 15 is 0 Å². The van der Waals surface area contributed by atoms with Crippen molar-refractivity contribution >= 4 is 40.7 Å². The fraction of sp³-hybridized carbons (Fsp3) is 0.500. The number of allylic oxidation sites excluding steroid dienone is 2. The van der Waals surface area contributed by atoms with Gasteiger partial charge < -0.3 is 34.9 Å². The number of amides is 3. The summed E-state index contributed by atoms with van der Waals surface area (Å²) in [5.41, 5.74) is -1.04. The van der Waals surface area contributed by atoms with Crippen molar-refractivity contribution in [3.63, 3.8) is 0 Å². The summed E-state index contributed by atoms with van der Waals surface area (Å²) < 4.78 is 17.4. The number of rotatable bonds is 10. The van der Waals surface area contributed by atoms with E-state index < -0.39 is 47.6 Å². The molecule has 1 saturated heterocycles. The van der Waals surface area contributed by atoms with Gasteiger partial charge in [-0.1, -0.05) is 57.6 Å². The van der Waals surface area contributed by atoms with Gasteiger partial charge in [0.05, 0.1) is 20.3 Å². The molecule has 12 nitrogen and oxygen atoms in total. The van der Waals surface area contributed by atoms with Crippen LogP contribution in [0.1, 0.15) is 70.8 Å². The van der Waals surface area contributed by atoms with E-state index in [9.17, 15) is 24.3 Å². The number of pyridine rings is 1. The molecule has 5 rings (SSSR count). The van der Waals surface area contributed by atoms with Gasteiger partial charge in [-0.15, -0.1) is 6.58 Å². The predicted molar refractivity (Wildman–Crippen MR) is 189 cm³/mol. The van der Waals surface area contributed by atoms with Gasteiger partial charge in [0, 0.05) is 34.9 Å². The fourth-order valence-corrected chi connectivity index (χ4v) is 6.82. The van der Waals surface area contributed by atoms with Gasteiger partial charge in [0.1, 0.15) is 29.5 Å². The molecule has 3 N–H and O–H groups in total. The number of carboxylic acids is 1. The van der Waals surface area contributed by atoms with Gasteiger partial charge in [0.25, 0.3) is 0 Å². The molecule has 0 bridgehead atoms. The minimum atomic E-state index is -1.45. The molecular weight excluding hydrogens is 640 g/mol. The third-order valence-electron chi connectivity index (χ3n) is 9.78. The predicted octanol–water partition coefficient (Wildman–Crippen LogP) is 5.41. The standard InChI is InChI=1S/C38H48N4O8/c1-6-16-37(3,4)23-49-36(47)40-29-14-12-10-8-9-11-13-26-21-38(26,35(45)46)41-32(43)30-20-27(22-42(30)34(29)44)50-33-28-18-24(7-2)31(48-5)19-25(28)15-17-39-33/h6-7,11,13,15,17-19,26-27,29-30H,1-2,8-10,12,14,16,20-23H2,3-5H3,(H,40,47)(H,41,43)(H,45,46)/t26-,27-,29+,30+,38-/m1/s1. The molecule has 1 saturated carbocycles. The first-order chi connectivity index (χ1) is 23.9. The van der Waals surface area contributed by atoms with Crippen molar-refractivity contribution in [3.05, 3.63) is 61.3 Å². The van der Waals surface area contributed by atoms with Crippen LogP contribution in [0.2, 0.25) is 0 Å². The summed E-state index contributed by atoms with van der Waals surface area (Å²) in [6.45, 7) is 11.7. The number of carboxylic acid groups (broad SMARTS) is 1. The quantitative estimate of drug-likeness (QED) is 0.278. The van der Waals surface area contributed by atoms with Crippen LogP contribution >= 0.6 is 0 Å². The molecule has 0 radical (unpaired) electrons. The van der Waals surface area contributed by atoms with E-state index in [1.54, 1.807) is 25.5 Å². The second-order valence-electron chi connectivity index (χ2n) is 14.2. The zero-order valence-corrected chi connectivity index (χ0v) is 29.1. The Morgan fingerprint density at radius 1 is 1.22 bits per heavy atom. The summed E-state index contributed by atoms with van der Waals surface area (Å²) in [4.78, 5) is 59.7. The van der Waals surface area contributed by atoms with E-state index in [1.807, 2.05) is 44.2 Å². The third-order valence-corrected chi connectivity index (χ3v) is 9.78. The number of carbonyl (C=O) groups is 4. The van der Waals surface area contributed by atoms with Crippen LogP contribution in [0, 0.1) is 11.3 Å². The average molecular weight is 689 g/mol. The number of nitrogens with zero attached hydrogens (tertiary/aromatic N) is 2. The lowest BCUT2D eigenvalue weighted by atomic mass is 9.91. The lowest BCUT2D eigenvalue weighted by Crippen LogP contribution is -2.56. The molecule has 2 fully saturated rings. The molecule has 50 heavy (non-hydrogen) atoms. The zero-order valence-electron chi connectivity index (χ0n) is 29.1. The number of aromatic nitrogens is 1. The number of hydrogen-bond acceptors (Lipinski definition) is 8. The van der Waals surface area contributed by atoms with E-state index in [4.69, 9.17) is 14.2 Å². The smallest absolute Gasteiger partial charge is 0.407 e. The van der Waals surface area contributed by atoms with Crippen molar-refractivity contribution in [3.8, 4) is 11.6 Å². The molecule has 2 aliphatic heterocycles. The lowest BCUT2D eigenvalue weighted by molar-refractivity contribution is -0.145. The summed E-state index contributed by atoms with van der Waals surface area (Å²) >= 11 is 0. The molecule has 1 aromatic carbocycles. The van der Waals surface area contributed by atoms with Gasteiger partial charge in [-0.3, -0.25) is 9.59 Å². The maximum absolute atomic E-state index is 14.4. The van der Waals surface area contributed by atoms with Gasteiger partial charge in [0.2, 0.25) is 17.7 Å². The second-order valence-corrected chi connectivity index (χ2v) is 14.2. The molecule has 1 aromatic heterocycles. The summed E-state index contributed by atoms with van der Waals surface area (Å²) in [7, 11) is 1.58. The molecule has 3 heterocycles. The van der Waals surface area contributed by atoms with E-state index in [0.29, 0.717) is 36.3 Å². The highest BCUT2D eigenvalue weighted by Gasteiger charge is 2.61. The molecule has 0 unspecified atom stereocenters. The van der Waals surface area contributed by atoms with Crippen molar-refractivity contribution in [2.75, 3.05) is 20.3 Å². The molecule has 1 aliphatic carbocycles. The van der Waals surface area contributed by atoms with Crippen molar-refractivity contribution in [2.24, 2.45) is 11.3 Å². The molecular formula is C38H48N4O8. The molecule has 5 atom stereocenters. The summed E-state index contributed by atoms with van der Waals surface area (Å²) in [5.74, 6) is -1.58. The van der Waals surface area contributed by atoms with Crippen LogP contribution in [0.3, 0.4) is 0 Å². The minimum absolute atomic E-state index is 0.0163. The minimum Gasteiger partial charge on any atom is -0.496 e. The first kappa shape index (κ1) is 36.4. The van der Waals surface area contributed by atoms with E-state index in [2.05, 4.69) is 28.8 Å². The largest absolute Gasteiger partial charge is 0.496 e. The van der Waals surface area contributed by atoms with E-state index in [1.165, 1.54) is 4.90 Å². The van der Waals surface area contributed by atoms with Gasteiger partial charge in [-0.2, -0.15) is 0 Å². The number of methoxy groups -OCH3 is 1. The Morgan fingerprint density at radius 3 is 2.74 bits per heavy atom. The Morgan fingerprint density at radius 2 is 2.02 bits per heavy atom. The van der Waals surface area contributed by atoms with Crippen LogP contribution < -0.4 is 20.1 Å². The summed E-state index contributed by atoms with van der Waals surface area (Å²) in [6.07, 6.45) is 11.8. The van der Waals surface area contributed by atoms with Crippen molar-refractivity contribution in [1.29, 1.82) is 0 Å². The van der Waals surface area contributed by atoms with Crippen LogP contribution in [-0.4, -0.2) is 82.9 Å². The van der Waals surface area contributed by atoms with Crippen LogP contribution in [0.4, 0.5) is 4.79 Å². The Hall–Kier alpha value is -4.87. The maximum atomic E-state index is 14.4. The average Bonchev–Trinajstić information content (AvgIpc) is 3.62. The number of aliphatic carboxylic acids is 1. The number of nitrogens with one attached hydrogen (secondary N) is 2. The van der Waals surface area contributed by atoms with E-state index in [-0.39, 0.29) is 37.3 Å². The van der Waals surface area contributed by atoms with Crippen LogP contribution in [0.15, 0.2) is 55.8 Å². The SMILES string of the molecule is C=CCC(C)(C)COC(=O)N[C@H]1CCCCCC=C[C@@H]2C[C@@]2(C(=O)O)NC(=O)[C@@H]2C[C@@H](Oc3nccc4cc(OC)c(C=C)cc34)CN2C1=O. The zero-order chi connectivity index (χ0) is 36.1. The summed E-state index contributed by atoms with van der Waals surface area (Å²) in [6, 6.07) is 3.52. The van der Waals surface area contributed by atoms with Crippen LogP contribution in [-0.2, 0) is 19.1 Å². The first-order valence-electron chi connectivity index (χ1n) is 17.2. The number of hydrogen-bond donors (Lipinski definition) is 3. The summed E-state index contributed by atoms with van der Waals surface area (Å²) in [5, 5.41) is 17.2. The normalized spacial score (nSPS) is 25.6. The Balaban J connectivity index is 1.44. The Bertz CT molecular complexity index is 1670. The highest BCUT2D eigenvalue weighted by Crippen LogP contribution is 2.45. The number of benzene rings is 1. The number of alkyl carbamates (subject to hydrolysis) is 1. The van der Waals surface area contributed by atoms with Crippen molar-refractivity contribution < 1.29 is 38.5 Å². The number of ether oxygens (including phenoxy) is 3. The van der Waals surface area contributed by atoms with Crippen molar-refractivity contribution in [1.82, 2.24) is 20.5 Å². The molecule has 2 aromatic rings. The van der Waals surface area contributed by atoms with Gasteiger partial charge in [-0.25, -0.2) is 14.6 Å². The van der Waals surface area contributed by atoms with Crippen LogP contribution in [0.25, 0.3) is 16.8 Å². The molecule has 268 valence electrons. The topological polar surface area (TPSA) is 156 Å². The first-order valence-corrected chi connectivity index (χ1v) is 17.2. The Labute approximate surface area is 292 Å². The van der Waals surface area contributed by atoms with Gasteiger partial charge in [-0.05, 0) is 55.7 Å². The third kappa shape index (κ3) is 8.11. The van der Waals surface area contributed by atoms with Gasteiger partial charge in [0.15, 0.2) is 0 Å². The monoisotopic (exact) mass is 688 g/mol. The molecule has 0 spiro atoms. The van der Waals surface area contributed by atoms with Gasteiger partial charge >= 0.3 is 12.1 Å². The lowest BCUT2D eigenvalue weighted by Gasteiger charge is -2.29.